The molecule has 1 aliphatic heterocycles. The average Bonchev–Trinajstić information content (AvgIpc) is 2.59. The molecule has 0 amide bonds. The lowest BCUT2D eigenvalue weighted by atomic mass is 9.97. The second-order valence-electron chi connectivity index (χ2n) is 6.19. The molecule has 2 atom stereocenters. The molecule has 1 aliphatic rings. The van der Waals surface area contributed by atoms with Crippen molar-refractivity contribution in [2.45, 2.75) is 42.8 Å². The summed E-state index contributed by atoms with van der Waals surface area (Å²) in [6, 6.07) is 3.38. The Morgan fingerprint density at radius 1 is 1.44 bits per heavy atom. The number of aliphatic hydroxyl groups is 1. The third kappa shape index (κ3) is 5.86. The SMILES string of the molecule is Br.Br.CSc1cc2c(=O)n(CC(=O)C[C@@H]3NCCC[C@H]3O)cnc2cc1Br. The van der Waals surface area contributed by atoms with Gasteiger partial charge in [0.1, 0.15) is 0 Å². The van der Waals surface area contributed by atoms with Gasteiger partial charge in [-0.25, -0.2) is 4.98 Å². The Morgan fingerprint density at radius 3 is 2.85 bits per heavy atom. The number of rotatable bonds is 5. The molecule has 10 heteroatoms. The molecule has 0 spiro atoms. The third-order valence-corrected chi connectivity index (χ3v) is 6.14. The minimum atomic E-state index is -0.509. The molecule has 0 aliphatic carbocycles. The number of halogens is 3. The number of ketones is 1. The lowest BCUT2D eigenvalue weighted by molar-refractivity contribution is -0.121. The predicted octanol–water partition coefficient (Wildman–Crippen LogP) is 3.11. The molecule has 0 unspecified atom stereocenters. The number of nitrogens with one attached hydrogen (secondary N) is 1. The Labute approximate surface area is 191 Å². The van der Waals surface area contributed by atoms with Gasteiger partial charge >= 0.3 is 0 Å². The summed E-state index contributed by atoms with van der Waals surface area (Å²) in [7, 11) is 0. The number of Topliss-reactive ketones (excluding diaryl/α,β-unsaturated/α-hetero) is 1. The van der Waals surface area contributed by atoms with Gasteiger partial charge < -0.3 is 10.4 Å². The number of thioether (sulfide) groups is 1. The van der Waals surface area contributed by atoms with Crippen molar-refractivity contribution in [3.05, 3.63) is 33.3 Å². The molecule has 2 aromatic rings. The molecule has 2 N–H and O–H groups in total. The first-order valence-electron chi connectivity index (χ1n) is 8.15. The highest BCUT2D eigenvalue weighted by atomic mass is 79.9. The van der Waals surface area contributed by atoms with Crippen molar-refractivity contribution >= 4 is 78.3 Å². The maximum absolute atomic E-state index is 12.7. The van der Waals surface area contributed by atoms with E-state index in [0.717, 1.165) is 22.3 Å². The molecule has 0 saturated carbocycles. The Morgan fingerprint density at radius 2 is 2.19 bits per heavy atom. The van der Waals surface area contributed by atoms with Crippen LogP contribution in [-0.2, 0) is 11.3 Å². The van der Waals surface area contributed by atoms with Crippen molar-refractivity contribution < 1.29 is 9.90 Å². The molecular weight excluding hydrogens is 566 g/mol. The first kappa shape index (κ1) is 24.8. The number of benzene rings is 1. The van der Waals surface area contributed by atoms with E-state index < -0.39 is 6.10 Å². The fourth-order valence-corrected chi connectivity index (χ4v) is 4.38. The maximum Gasteiger partial charge on any atom is 0.261 e. The van der Waals surface area contributed by atoms with Crippen LogP contribution >= 0.6 is 61.7 Å². The van der Waals surface area contributed by atoms with Crippen LogP contribution in [0.1, 0.15) is 19.3 Å². The van der Waals surface area contributed by atoms with Gasteiger partial charge in [0.2, 0.25) is 0 Å². The monoisotopic (exact) mass is 585 g/mol. The number of nitrogens with zero attached hydrogens (tertiary/aromatic N) is 2. The first-order chi connectivity index (χ1) is 12.0. The standard InChI is InChI=1S/C17H20BrN3O3S.2BrH/c1-25-16-6-11-13(7-12(16)18)20-9-21(17(11)24)8-10(22)5-14-15(23)3-2-4-19-14;;/h6-7,9,14-15,19,23H,2-5,8H2,1H3;2*1H/t14-,15+;;/m0../s1. The largest absolute Gasteiger partial charge is 0.391 e. The van der Waals surface area contributed by atoms with Crippen molar-refractivity contribution in [1.82, 2.24) is 14.9 Å². The molecule has 150 valence electrons. The van der Waals surface area contributed by atoms with Crippen LogP contribution in [0, 0.1) is 0 Å². The molecule has 3 rings (SSSR count). The van der Waals surface area contributed by atoms with Gasteiger partial charge in [-0.1, -0.05) is 0 Å². The van der Waals surface area contributed by atoms with E-state index >= 15 is 0 Å². The summed E-state index contributed by atoms with van der Waals surface area (Å²) in [6.07, 6.45) is 4.67. The molecule has 2 heterocycles. The van der Waals surface area contributed by atoms with Gasteiger partial charge in [-0.05, 0) is 53.7 Å². The number of aliphatic hydroxyl groups excluding tert-OH is 1. The third-order valence-electron chi connectivity index (χ3n) is 4.44. The van der Waals surface area contributed by atoms with Crippen LogP contribution in [0.3, 0.4) is 0 Å². The first-order valence-corrected chi connectivity index (χ1v) is 10.2. The van der Waals surface area contributed by atoms with E-state index in [2.05, 4.69) is 26.2 Å². The number of hydrogen-bond donors (Lipinski definition) is 2. The van der Waals surface area contributed by atoms with Gasteiger partial charge in [0.15, 0.2) is 5.78 Å². The smallest absolute Gasteiger partial charge is 0.261 e. The van der Waals surface area contributed by atoms with E-state index in [4.69, 9.17) is 0 Å². The van der Waals surface area contributed by atoms with Crippen LogP contribution in [0.25, 0.3) is 10.9 Å². The van der Waals surface area contributed by atoms with Crippen LogP contribution < -0.4 is 10.9 Å². The predicted molar refractivity (Wildman–Crippen MR) is 123 cm³/mol. The van der Waals surface area contributed by atoms with E-state index in [0.29, 0.717) is 17.3 Å². The summed E-state index contributed by atoms with van der Waals surface area (Å²) < 4.78 is 2.24. The molecule has 0 bridgehead atoms. The van der Waals surface area contributed by atoms with Gasteiger partial charge in [-0.15, -0.1) is 45.7 Å². The molecular formula is C17H22Br3N3O3S. The van der Waals surface area contributed by atoms with Crippen LogP contribution in [0.15, 0.2) is 32.6 Å². The highest BCUT2D eigenvalue weighted by Gasteiger charge is 2.25. The van der Waals surface area contributed by atoms with E-state index in [1.54, 1.807) is 6.07 Å². The van der Waals surface area contributed by atoms with Crippen LogP contribution in [0.4, 0.5) is 0 Å². The van der Waals surface area contributed by atoms with Gasteiger partial charge in [-0.2, -0.15) is 0 Å². The van der Waals surface area contributed by atoms with Crippen LogP contribution in [0.5, 0.6) is 0 Å². The summed E-state index contributed by atoms with van der Waals surface area (Å²) in [4.78, 5) is 30.3. The summed E-state index contributed by atoms with van der Waals surface area (Å²) in [5.74, 6) is -0.0936. The zero-order valence-electron chi connectivity index (χ0n) is 14.7. The molecule has 1 fully saturated rings. The number of piperidine rings is 1. The van der Waals surface area contributed by atoms with Gasteiger partial charge in [-0.3, -0.25) is 14.2 Å². The zero-order chi connectivity index (χ0) is 18.0. The molecule has 6 nitrogen and oxygen atoms in total. The van der Waals surface area contributed by atoms with Gasteiger partial charge in [0, 0.05) is 21.8 Å². The summed E-state index contributed by atoms with van der Waals surface area (Å²) in [6.45, 7) is 0.774. The van der Waals surface area contributed by atoms with E-state index in [1.165, 1.54) is 22.7 Å². The number of carbonyl (C=O) groups excluding carboxylic acids is 1. The van der Waals surface area contributed by atoms with E-state index in [9.17, 15) is 14.7 Å². The van der Waals surface area contributed by atoms with Crippen molar-refractivity contribution in [3.8, 4) is 0 Å². The number of aromatic nitrogens is 2. The second-order valence-corrected chi connectivity index (χ2v) is 7.90. The summed E-state index contributed by atoms with van der Waals surface area (Å²) in [5.41, 5.74) is 0.376. The molecule has 27 heavy (non-hydrogen) atoms. The Kier molecular flexibility index (Phi) is 10.2. The minimum Gasteiger partial charge on any atom is -0.391 e. The van der Waals surface area contributed by atoms with Crippen molar-refractivity contribution in [2.75, 3.05) is 12.8 Å². The molecule has 1 aromatic carbocycles. The van der Waals surface area contributed by atoms with Crippen molar-refractivity contribution in [1.29, 1.82) is 0 Å². The van der Waals surface area contributed by atoms with Gasteiger partial charge in [0.05, 0.1) is 29.9 Å². The van der Waals surface area contributed by atoms with Crippen molar-refractivity contribution in [3.63, 3.8) is 0 Å². The fourth-order valence-electron chi connectivity index (χ4n) is 3.07. The van der Waals surface area contributed by atoms with Crippen LogP contribution in [-0.4, -0.2) is 45.4 Å². The minimum absolute atomic E-state index is 0. The Hall–Kier alpha value is -0.260. The number of fused-ring (bicyclic) bond motifs is 1. The quantitative estimate of drug-likeness (QED) is 0.523. The molecule has 0 radical (unpaired) electrons. The molecule has 1 saturated heterocycles. The summed E-state index contributed by atoms with van der Waals surface area (Å²) >= 11 is 5.00. The van der Waals surface area contributed by atoms with Crippen molar-refractivity contribution in [2.24, 2.45) is 0 Å². The number of carbonyl (C=O) groups is 1. The lowest BCUT2D eigenvalue weighted by Crippen LogP contribution is -2.46. The fraction of sp³-hybridized carbons (Fsp3) is 0.471. The topological polar surface area (TPSA) is 84.2 Å². The van der Waals surface area contributed by atoms with E-state index in [1.807, 2.05) is 12.3 Å². The van der Waals surface area contributed by atoms with E-state index in [-0.39, 0.29) is 64.3 Å². The zero-order valence-corrected chi connectivity index (χ0v) is 20.5. The Bertz CT molecular complexity index is 862. The lowest BCUT2D eigenvalue weighted by Gasteiger charge is -2.28. The van der Waals surface area contributed by atoms with Gasteiger partial charge in [0.25, 0.3) is 5.56 Å². The molecule has 1 aromatic heterocycles. The highest BCUT2D eigenvalue weighted by Crippen LogP contribution is 2.28. The summed E-state index contributed by atoms with van der Waals surface area (Å²) in [5, 5.41) is 13.6. The number of hydrogen-bond acceptors (Lipinski definition) is 6. The highest BCUT2D eigenvalue weighted by molar-refractivity contribution is 9.10. The van der Waals surface area contributed by atoms with Crippen LogP contribution in [0.2, 0.25) is 0 Å². The normalized spacial score (nSPS) is 19.2. The second kappa shape index (κ2) is 11.1. The maximum atomic E-state index is 12.7. The Balaban J connectivity index is 0.00000182. The average molecular weight is 588 g/mol.